The highest BCUT2D eigenvalue weighted by atomic mass is 32.2. The Balaban J connectivity index is 1.58. The lowest BCUT2D eigenvalue weighted by atomic mass is 10.0. The Morgan fingerprint density at radius 2 is 2.05 bits per heavy atom. The summed E-state index contributed by atoms with van der Waals surface area (Å²) in [5.41, 5.74) is 8.21. The highest BCUT2D eigenvalue weighted by Gasteiger charge is 2.65. The molecule has 4 heteroatoms. The Morgan fingerprint density at radius 3 is 2.67 bits per heavy atom. The van der Waals surface area contributed by atoms with E-state index in [0.717, 1.165) is 40.7 Å². The molecule has 2 bridgehead atoms. The molecule has 3 aliphatic rings. The van der Waals surface area contributed by atoms with Gasteiger partial charge in [0.2, 0.25) is 0 Å². The van der Waals surface area contributed by atoms with E-state index >= 15 is 0 Å². The van der Waals surface area contributed by atoms with Crippen LogP contribution < -0.4 is 11.1 Å². The molecule has 3 fully saturated rings. The van der Waals surface area contributed by atoms with Gasteiger partial charge < -0.3 is 11.1 Å². The first-order valence-electron chi connectivity index (χ1n) is 8.03. The van der Waals surface area contributed by atoms with Crippen LogP contribution >= 0.6 is 24.0 Å². The van der Waals surface area contributed by atoms with Gasteiger partial charge in [0.25, 0.3) is 0 Å². The molecule has 1 aromatic carbocycles. The second-order valence-electron chi connectivity index (χ2n) is 6.63. The predicted molar refractivity (Wildman–Crippen MR) is 93.9 cm³/mol. The van der Waals surface area contributed by atoms with Crippen LogP contribution in [0.4, 0.5) is 5.69 Å². The standard InChI is InChI=1S/C17H22N2S2/c1-2-21-12-5-3-4-11(15(12)17(18)20)19-16-13-9-6-7-10(8-9)14(13)16/h3-5,9-10,13-14,16,19H,2,6-8H2,1H3,(H2,18,20). The molecule has 4 unspecified atom stereocenters. The van der Waals surface area contributed by atoms with E-state index in [1.54, 1.807) is 0 Å². The van der Waals surface area contributed by atoms with Crippen molar-refractivity contribution in [2.75, 3.05) is 11.1 Å². The van der Waals surface area contributed by atoms with E-state index in [9.17, 15) is 0 Å². The Kier molecular flexibility index (Phi) is 3.42. The zero-order valence-corrected chi connectivity index (χ0v) is 14.0. The second kappa shape index (κ2) is 5.17. The molecule has 0 aromatic heterocycles. The largest absolute Gasteiger partial charge is 0.389 e. The van der Waals surface area contributed by atoms with Gasteiger partial charge in [-0.05, 0) is 60.8 Å². The SMILES string of the molecule is CCSc1cccc(NC2C3C4CCC(C4)C23)c1C(N)=S. The van der Waals surface area contributed by atoms with E-state index in [4.69, 9.17) is 18.0 Å². The number of benzene rings is 1. The number of fused-ring (bicyclic) bond motifs is 5. The van der Waals surface area contributed by atoms with Crippen LogP contribution in [-0.2, 0) is 0 Å². The van der Waals surface area contributed by atoms with Crippen molar-refractivity contribution in [2.24, 2.45) is 29.4 Å². The van der Waals surface area contributed by atoms with Crippen molar-refractivity contribution in [2.45, 2.75) is 37.1 Å². The molecule has 0 amide bonds. The van der Waals surface area contributed by atoms with E-state index in [2.05, 4.69) is 30.4 Å². The third kappa shape index (κ3) is 2.18. The summed E-state index contributed by atoms with van der Waals surface area (Å²) in [4.78, 5) is 1.73. The number of rotatable bonds is 5. The number of thiocarbonyl (C=S) groups is 1. The molecule has 0 saturated heterocycles. The fraction of sp³-hybridized carbons (Fsp3) is 0.588. The molecule has 2 nitrogen and oxygen atoms in total. The van der Waals surface area contributed by atoms with Gasteiger partial charge in [0.1, 0.15) is 4.99 Å². The fourth-order valence-corrected chi connectivity index (χ4v) is 6.01. The fourth-order valence-electron chi connectivity index (χ4n) is 4.88. The predicted octanol–water partition coefficient (Wildman–Crippen LogP) is 3.89. The third-order valence-corrected chi connectivity index (χ3v) is 6.77. The number of nitrogens with one attached hydrogen (secondary N) is 1. The van der Waals surface area contributed by atoms with E-state index < -0.39 is 0 Å². The number of hydrogen-bond acceptors (Lipinski definition) is 3. The van der Waals surface area contributed by atoms with Crippen LogP contribution in [0.3, 0.4) is 0 Å². The monoisotopic (exact) mass is 318 g/mol. The molecule has 4 rings (SSSR count). The van der Waals surface area contributed by atoms with Crippen LogP contribution in [0, 0.1) is 23.7 Å². The average Bonchev–Trinajstić information content (AvgIpc) is 2.84. The lowest BCUT2D eigenvalue weighted by Gasteiger charge is -2.17. The van der Waals surface area contributed by atoms with Gasteiger partial charge in [-0.25, -0.2) is 0 Å². The summed E-state index contributed by atoms with van der Waals surface area (Å²) in [6, 6.07) is 7.07. The van der Waals surface area contributed by atoms with E-state index in [-0.39, 0.29) is 0 Å². The summed E-state index contributed by atoms with van der Waals surface area (Å²) in [6.07, 6.45) is 4.40. The van der Waals surface area contributed by atoms with Crippen molar-refractivity contribution >= 4 is 34.7 Å². The first kappa shape index (κ1) is 13.9. The molecule has 0 spiro atoms. The van der Waals surface area contributed by atoms with E-state index in [1.807, 2.05) is 11.8 Å². The summed E-state index contributed by atoms with van der Waals surface area (Å²) >= 11 is 7.13. The van der Waals surface area contributed by atoms with Gasteiger partial charge in [0, 0.05) is 22.2 Å². The van der Waals surface area contributed by atoms with Crippen LogP contribution in [0.25, 0.3) is 0 Å². The van der Waals surface area contributed by atoms with Gasteiger partial charge in [0.15, 0.2) is 0 Å². The molecule has 1 aromatic rings. The van der Waals surface area contributed by atoms with Crippen molar-refractivity contribution in [3.8, 4) is 0 Å². The number of thioether (sulfide) groups is 1. The molecular formula is C17H22N2S2. The minimum absolute atomic E-state index is 0.517. The van der Waals surface area contributed by atoms with Crippen LogP contribution in [-0.4, -0.2) is 16.8 Å². The van der Waals surface area contributed by atoms with E-state index in [1.165, 1.54) is 24.2 Å². The minimum atomic E-state index is 0.517. The molecular weight excluding hydrogens is 296 g/mol. The normalized spacial score (nSPS) is 35.6. The average molecular weight is 319 g/mol. The van der Waals surface area contributed by atoms with Crippen molar-refractivity contribution < 1.29 is 0 Å². The number of anilines is 1. The first-order chi connectivity index (χ1) is 10.2. The third-order valence-electron chi connectivity index (χ3n) is 5.63. The van der Waals surface area contributed by atoms with Gasteiger partial charge in [-0.2, -0.15) is 0 Å². The Morgan fingerprint density at radius 1 is 1.33 bits per heavy atom. The summed E-state index contributed by atoms with van der Waals surface area (Å²) in [5.74, 6) is 4.85. The summed E-state index contributed by atoms with van der Waals surface area (Å²) < 4.78 is 0. The topological polar surface area (TPSA) is 38.0 Å². The zero-order valence-electron chi connectivity index (χ0n) is 12.3. The smallest absolute Gasteiger partial charge is 0.107 e. The van der Waals surface area contributed by atoms with Crippen LogP contribution in [0.2, 0.25) is 0 Å². The zero-order chi connectivity index (χ0) is 14.6. The number of hydrogen-bond donors (Lipinski definition) is 2. The highest BCUT2D eigenvalue weighted by molar-refractivity contribution is 7.99. The molecule has 3 saturated carbocycles. The van der Waals surface area contributed by atoms with Crippen LogP contribution in [0.1, 0.15) is 31.7 Å². The van der Waals surface area contributed by atoms with Crippen molar-refractivity contribution in [1.29, 1.82) is 0 Å². The van der Waals surface area contributed by atoms with Gasteiger partial charge in [-0.1, -0.05) is 25.2 Å². The van der Waals surface area contributed by atoms with Crippen molar-refractivity contribution in [3.05, 3.63) is 23.8 Å². The molecule has 0 aliphatic heterocycles. The molecule has 21 heavy (non-hydrogen) atoms. The Hall–Kier alpha value is -0.740. The quantitative estimate of drug-likeness (QED) is 0.638. The van der Waals surface area contributed by atoms with Gasteiger partial charge in [0.05, 0.1) is 0 Å². The van der Waals surface area contributed by atoms with Gasteiger partial charge in [-0.3, -0.25) is 0 Å². The first-order valence-corrected chi connectivity index (χ1v) is 9.42. The molecule has 4 atom stereocenters. The maximum atomic E-state index is 6.00. The molecule has 0 radical (unpaired) electrons. The molecule has 3 N–H and O–H groups in total. The maximum absolute atomic E-state index is 6.00. The maximum Gasteiger partial charge on any atom is 0.107 e. The lowest BCUT2D eigenvalue weighted by molar-refractivity contribution is 0.456. The van der Waals surface area contributed by atoms with Gasteiger partial charge in [-0.15, -0.1) is 11.8 Å². The second-order valence-corrected chi connectivity index (χ2v) is 8.38. The summed E-state index contributed by atoms with van der Waals surface area (Å²) in [6.45, 7) is 2.16. The summed E-state index contributed by atoms with van der Waals surface area (Å²) in [5, 5.41) is 3.79. The van der Waals surface area contributed by atoms with Gasteiger partial charge >= 0.3 is 0 Å². The van der Waals surface area contributed by atoms with Crippen LogP contribution in [0.5, 0.6) is 0 Å². The Bertz CT molecular complexity index is 570. The molecule has 112 valence electrons. The molecule has 3 aliphatic carbocycles. The van der Waals surface area contributed by atoms with Crippen LogP contribution in [0.15, 0.2) is 23.1 Å². The Labute approximate surface area is 136 Å². The van der Waals surface area contributed by atoms with Crippen molar-refractivity contribution in [3.63, 3.8) is 0 Å². The highest BCUT2D eigenvalue weighted by Crippen LogP contribution is 2.66. The van der Waals surface area contributed by atoms with E-state index in [0.29, 0.717) is 11.0 Å². The molecule has 0 heterocycles. The lowest BCUT2D eigenvalue weighted by Crippen LogP contribution is -2.18. The minimum Gasteiger partial charge on any atom is -0.389 e. The number of nitrogens with two attached hydrogens (primary N) is 1. The van der Waals surface area contributed by atoms with Crippen molar-refractivity contribution in [1.82, 2.24) is 0 Å². The summed E-state index contributed by atoms with van der Waals surface area (Å²) in [7, 11) is 0.